The van der Waals surface area contributed by atoms with Crippen LogP contribution in [0.4, 0.5) is 9.93 Å². The Bertz CT molecular complexity index is 2240. The first-order valence-corrected chi connectivity index (χ1v) is 24.0. The van der Waals surface area contributed by atoms with Crippen molar-refractivity contribution < 1.29 is 43.2 Å². The molecule has 16 nitrogen and oxygen atoms in total. The number of ether oxygens (including phenoxy) is 4. The maximum Gasteiger partial charge on any atom is 0.408 e. The van der Waals surface area contributed by atoms with Crippen molar-refractivity contribution in [2.24, 2.45) is 29.1 Å². The lowest BCUT2D eigenvalue weighted by Crippen LogP contribution is -2.59. The molecule has 2 saturated heterocycles. The molecule has 2 aromatic heterocycles. The number of hydrogen-bond acceptors (Lipinski definition) is 13. The lowest BCUT2D eigenvalue weighted by atomic mass is 9.85. The fourth-order valence-electron chi connectivity index (χ4n) is 9.84. The molecule has 3 aromatic rings. The van der Waals surface area contributed by atoms with Gasteiger partial charge in [0.25, 0.3) is 0 Å². The first kappa shape index (κ1) is 46.1. The minimum absolute atomic E-state index is 0.0316. The molecule has 64 heavy (non-hydrogen) atoms. The van der Waals surface area contributed by atoms with Gasteiger partial charge in [-0.25, -0.2) is 19.6 Å². The van der Waals surface area contributed by atoms with Crippen LogP contribution < -0.4 is 25.4 Å². The summed E-state index contributed by atoms with van der Waals surface area (Å²) in [5, 5.41) is 22.8. The summed E-state index contributed by atoms with van der Waals surface area (Å²) < 4.78 is 24.4. The van der Waals surface area contributed by atoms with E-state index in [1.807, 2.05) is 53.0 Å². The number of rotatable bonds is 16. The van der Waals surface area contributed by atoms with Gasteiger partial charge in [0.15, 0.2) is 5.13 Å². The fourth-order valence-corrected chi connectivity index (χ4v) is 11.0. The molecule has 2 aliphatic heterocycles. The zero-order valence-corrected chi connectivity index (χ0v) is 39.4. The van der Waals surface area contributed by atoms with E-state index >= 15 is 0 Å². The van der Waals surface area contributed by atoms with Gasteiger partial charge in [0.05, 0.1) is 31.0 Å². The predicted octanol–water partition coefficient (Wildman–Crippen LogP) is 6.45. The summed E-state index contributed by atoms with van der Waals surface area (Å²) >= 11 is 8.56. The summed E-state index contributed by atoms with van der Waals surface area (Å²) in [7, 11) is 0. The van der Waals surface area contributed by atoms with Crippen LogP contribution in [-0.2, 0) is 23.9 Å². The highest BCUT2D eigenvalue weighted by Crippen LogP contribution is 2.57. The second-order valence-electron chi connectivity index (χ2n) is 19.6. The Labute approximate surface area is 383 Å². The van der Waals surface area contributed by atoms with Gasteiger partial charge < -0.3 is 44.9 Å². The van der Waals surface area contributed by atoms with Crippen LogP contribution in [0, 0.1) is 29.1 Å². The molecule has 5 fully saturated rings. The SMILES string of the molecule is CCC1C[C@]1(NC(=O)[C@@H]1C[C@@H](Oc2cc(-c3csc(NC(C)C)n3)nc3c(Cl)c(OCCN4CCOCC4)ccc23)CN1C(=O)[C@@H](NC(=O)O[C@@H]1C[C@@H]2[C@H](C)[C@@H]2C1)C(C)(C)C)C(=O)O. The van der Waals surface area contributed by atoms with Crippen LogP contribution in [-0.4, -0.2) is 131 Å². The molecule has 3 aliphatic carbocycles. The van der Waals surface area contributed by atoms with E-state index in [9.17, 15) is 24.3 Å². The first-order chi connectivity index (χ1) is 30.4. The topological polar surface area (TPSA) is 194 Å². The highest BCUT2D eigenvalue weighted by molar-refractivity contribution is 7.14. The average molecular weight is 925 g/mol. The molecule has 0 radical (unpaired) electrons. The van der Waals surface area contributed by atoms with Crippen LogP contribution >= 0.6 is 22.9 Å². The van der Waals surface area contributed by atoms with Gasteiger partial charge in [-0.2, -0.15) is 0 Å². The minimum Gasteiger partial charge on any atom is -0.491 e. The summed E-state index contributed by atoms with van der Waals surface area (Å²) in [6.07, 6.45) is 0.892. The number of thiazole rings is 1. The maximum atomic E-state index is 14.9. The van der Waals surface area contributed by atoms with Gasteiger partial charge in [0.2, 0.25) is 11.8 Å². The van der Waals surface area contributed by atoms with Crippen LogP contribution in [0.2, 0.25) is 5.02 Å². The molecule has 8 rings (SSSR count). The number of anilines is 1. The van der Waals surface area contributed by atoms with Gasteiger partial charge in [-0.1, -0.05) is 52.6 Å². The van der Waals surface area contributed by atoms with Crippen molar-refractivity contribution in [2.45, 2.75) is 116 Å². The Hall–Kier alpha value is -4.45. The Morgan fingerprint density at radius 1 is 1.05 bits per heavy atom. The van der Waals surface area contributed by atoms with Crippen LogP contribution in [0.3, 0.4) is 0 Å². The summed E-state index contributed by atoms with van der Waals surface area (Å²) in [4.78, 5) is 68.7. The third-order valence-electron chi connectivity index (χ3n) is 13.7. The normalized spacial score (nSPS) is 28.1. The number of hydrogen-bond donors (Lipinski definition) is 4. The molecule has 3 amide bonds. The number of nitrogens with zero attached hydrogens (tertiary/aromatic N) is 4. The summed E-state index contributed by atoms with van der Waals surface area (Å²) in [6, 6.07) is 3.37. The fraction of sp³-hybridized carbons (Fsp3) is 0.652. The number of carboxylic acids is 1. The van der Waals surface area contributed by atoms with Crippen molar-refractivity contribution in [2.75, 3.05) is 51.3 Å². The molecule has 4 heterocycles. The lowest BCUT2D eigenvalue weighted by molar-refractivity contribution is -0.146. The summed E-state index contributed by atoms with van der Waals surface area (Å²) in [5.41, 5.74) is -0.692. The van der Waals surface area contributed by atoms with Crippen molar-refractivity contribution in [1.82, 2.24) is 30.4 Å². The molecule has 0 bridgehead atoms. The number of pyridine rings is 1. The number of fused-ring (bicyclic) bond motifs is 2. The van der Waals surface area contributed by atoms with E-state index in [-0.39, 0.29) is 31.0 Å². The zero-order chi connectivity index (χ0) is 45.7. The van der Waals surface area contributed by atoms with E-state index in [4.69, 9.17) is 40.5 Å². The van der Waals surface area contributed by atoms with E-state index < -0.39 is 53.0 Å². The van der Waals surface area contributed by atoms with Crippen LogP contribution in [0.25, 0.3) is 22.3 Å². The Morgan fingerprint density at radius 3 is 2.44 bits per heavy atom. The smallest absolute Gasteiger partial charge is 0.408 e. The number of carbonyl (C=O) groups is 4. The molecule has 3 saturated carbocycles. The highest BCUT2D eigenvalue weighted by Gasteiger charge is 2.62. The molecule has 1 unspecified atom stereocenters. The predicted molar refractivity (Wildman–Crippen MR) is 243 cm³/mol. The average Bonchev–Trinajstić information content (AvgIpc) is 3.73. The van der Waals surface area contributed by atoms with Crippen molar-refractivity contribution in [1.29, 1.82) is 0 Å². The van der Waals surface area contributed by atoms with Crippen LogP contribution in [0.5, 0.6) is 11.5 Å². The van der Waals surface area contributed by atoms with Crippen molar-refractivity contribution in [3.63, 3.8) is 0 Å². The van der Waals surface area contributed by atoms with Gasteiger partial charge in [-0.15, -0.1) is 11.3 Å². The molecule has 1 aromatic carbocycles. The number of morpholine rings is 1. The van der Waals surface area contributed by atoms with E-state index in [0.717, 1.165) is 31.1 Å². The number of aliphatic carboxylic acids is 1. The van der Waals surface area contributed by atoms with E-state index in [1.165, 1.54) is 16.2 Å². The number of benzene rings is 1. The third-order valence-corrected chi connectivity index (χ3v) is 14.9. The maximum absolute atomic E-state index is 14.9. The van der Waals surface area contributed by atoms with Gasteiger partial charge in [-0.05, 0) is 74.3 Å². The highest BCUT2D eigenvalue weighted by atomic mass is 35.5. The molecule has 4 N–H and O–H groups in total. The van der Waals surface area contributed by atoms with E-state index in [1.54, 1.807) is 12.1 Å². The number of nitrogens with one attached hydrogen (secondary N) is 3. The van der Waals surface area contributed by atoms with Crippen LogP contribution in [0.1, 0.15) is 80.6 Å². The monoisotopic (exact) mass is 923 g/mol. The molecular formula is C46H62ClN7O9S. The number of halogens is 1. The molecular weight excluding hydrogens is 862 g/mol. The second kappa shape index (κ2) is 18.4. The first-order valence-electron chi connectivity index (χ1n) is 22.7. The van der Waals surface area contributed by atoms with E-state index in [0.29, 0.717) is 95.8 Å². The summed E-state index contributed by atoms with van der Waals surface area (Å²) in [5.74, 6) is 0.198. The zero-order valence-electron chi connectivity index (χ0n) is 37.8. The number of likely N-dealkylation sites (tertiary alicyclic amines) is 1. The second-order valence-corrected chi connectivity index (χ2v) is 20.8. The third kappa shape index (κ3) is 9.73. The number of carbonyl (C=O) groups excluding carboxylic acids is 3. The van der Waals surface area contributed by atoms with Crippen molar-refractivity contribution >= 4 is 62.8 Å². The van der Waals surface area contributed by atoms with Gasteiger partial charge in [-0.3, -0.25) is 14.5 Å². The van der Waals surface area contributed by atoms with Crippen LogP contribution in [0.15, 0.2) is 23.6 Å². The van der Waals surface area contributed by atoms with Crippen molar-refractivity contribution in [3.05, 3.63) is 28.6 Å². The Kier molecular flexibility index (Phi) is 13.3. The standard InChI is InChI=1S/C46H62ClN7O9S/c1-8-26-21-46(26,42(57)58)52-40(55)34-19-28(22-54(34)41(56)39(45(5,6)7)51-44(59)63-27-17-30-25(4)31(30)18-27)62-36-20-32(33-23-64-43(50-33)48-24(2)3)49-38-29(36)9-10-35(37(38)47)61-16-13-53-11-14-60-15-12-53/h9-10,20,23-28,30-31,34,39H,8,11-19,21-22H2,1-7H3,(H,48,50)(H,51,59)(H,52,55)(H,57,58)/t25-,26?,27+,28-,30+,31-,34+,39-,46-/m1/s1. The quantitative estimate of drug-likeness (QED) is 0.123. The number of aromatic nitrogens is 2. The Balaban J connectivity index is 1.09. The molecule has 348 valence electrons. The molecule has 9 atom stereocenters. The molecule has 5 aliphatic rings. The molecule has 0 spiro atoms. The molecule has 18 heteroatoms. The van der Waals surface area contributed by atoms with Gasteiger partial charge in [0.1, 0.15) is 58.7 Å². The van der Waals surface area contributed by atoms with E-state index in [2.05, 4.69) is 27.8 Å². The number of carboxylic acid groups (broad SMARTS) is 1. The minimum atomic E-state index is -1.42. The number of amides is 3. The largest absolute Gasteiger partial charge is 0.491 e. The van der Waals surface area contributed by atoms with Crippen molar-refractivity contribution in [3.8, 4) is 22.9 Å². The number of alkyl carbamates (subject to hydrolysis) is 1. The van der Waals surface area contributed by atoms with Gasteiger partial charge in [0, 0.05) is 48.9 Å². The Morgan fingerprint density at radius 2 is 1.78 bits per heavy atom. The van der Waals surface area contributed by atoms with Gasteiger partial charge >= 0.3 is 12.1 Å². The lowest BCUT2D eigenvalue weighted by Gasteiger charge is -2.35. The summed E-state index contributed by atoms with van der Waals surface area (Å²) in [6.45, 7) is 17.8.